The van der Waals surface area contributed by atoms with Crippen LogP contribution in [0.15, 0.2) is 146 Å². The molecule has 0 radical (unpaired) electrons. The van der Waals surface area contributed by atoms with Crippen molar-refractivity contribution in [3.8, 4) is 62.6 Å². The lowest BCUT2D eigenvalue weighted by atomic mass is 10.1. The molecule has 0 unspecified atom stereocenters. The van der Waals surface area contributed by atoms with Crippen LogP contribution in [0.25, 0.3) is 62.6 Å². The van der Waals surface area contributed by atoms with Crippen LogP contribution in [0.3, 0.4) is 0 Å². The predicted octanol–water partition coefficient (Wildman–Crippen LogP) is 8.52. The fourth-order valence-corrected chi connectivity index (χ4v) is 5.14. The third-order valence-corrected chi connectivity index (χ3v) is 7.22. The maximum atomic E-state index is 5.86. The van der Waals surface area contributed by atoms with Gasteiger partial charge in [-0.15, -0.1) is 0 Å². The molecule has 0 aliphatic carbocycles. The third-order valence-electron chi connectivity index (χ3n) is 6.94. The van der Waals surface area contributed by atoms with E-state index in [4.69, 9.17) is 37.1 Å². The van der Waals surface area contributed by atoms with Crippen LogP contribution in [0, 0.1) is 4.77 Å². The van der Waals surface area contributed by atoms with Crippen molar-refractivity contribution in [2.75, 3.05) is 0 Å². The number of hydrogen-bond acceptors (Lipinski definition) is 6. The Labute approximate surface area is 254 Å². The van der Waals surface area contributed by atoms with Crippen molar-refractivity contribution >= 4 is 12.2 Å². The summed E-state index contributed by atoms with van der Waals surface area (Å²) in [4.78, 5) is 24.4. The van der Waals surface area contributed by atoms with E-state index in [1.807, 2.05) is 150 Å². The van der Waals surface area contributed by atoms with E-state index in [1.165, 1.54) is 0 Å². The smallest absolute Gasteiger partial charge is 0.207 e. The Hall–Kier alpha value is -5.66. The van der Waals surface area contributed by atoms with E-state index in [0.717, 1.165) is 33.5 Å². The van der Waals surface area contributed by atoms with Gasteiger partial charge in [-0.3, -0.25) is 4.57 Å². The fraction of sp³-hybridized carbons (Fsp3) is 0. The van der Waals surface area contributed by atoms with E-state index in [9.17, 15) is 0 Å². The number of benzene rings is 5. The van der Waals surface area contributed by atoms with Crippen molar-refractivity contribution in [2.24, 2.45) is 0 Å². The standard InChI is InChI=1S/C36H24N6S/c43-36-41-34(40-35(27-18-9-3-10-19-27)42(36)30-22-11-4-12-23-30)29-21-13-20-28(24-29)33-38-31(25-14-5-1-6-15-25)37-32(39-33)26-16-7-2-8-17-26/h1-24H. The van der Waals surface area contributed by atoms with Gasteiger partial charge in [-0.25, -0.2) is 19.9 Å². The van der Waals surface area contributed by atoms with E-state index in [-0.39, 0.29) is 0 Å². The van der Waals surface area contributed by atoms with Gasteiger partial charge >= 0.3 is 0 Å². The molecular formula is C36H24N6S. The predicted molar refractivity (Wildman–Crippen MR) is 173 cm³/mol. The molecule has 0 N–H and O–H groups in total. The summed E-state index contributed by atoms with van der Waals surface area (Å²) in [5.41, 5.74) is 5.31. The zero-order chi connectivity index (χ0) is 29.0. The van der Waals surface area contributed by atoms with E-state index in [0.29, 0.717) is 33.9 Å². The van der Waals surface area contributed by atoms with Gasteiger partial charge < -0.3 is 0 Å². The molecule has 204 valence electrons. The summed E-state index contributed by atoms with van der Waals surface area (Å²) in [6.45, 7) is 0. The van der Waals surface area contributed by atoms with E-state index in [2.05, 4.69) is 0 Å². The molecule has 0 saturated carbocycles. The van der Waals surface area contributed by atoms with Gasteiger partial charge in [0.15, 0.2) is 23.3 Å². The van der Waals surface area contributed by atoms with Gasteiger partial charge in [-0.1, -0.05) is 127 Å². The molecule has 0 amide bonds. The topological polar surface area (TPSA) is 69.4 Å². The van der Waals surface area contributed by atoms with Crippen molar-refractivity contribution in [2.45, 2.75) is 0 Å². The fourth-order valence-electron chi connectivity index (χ4n) is 4.86. The highest BCUT2D eigenvalue weighted by atomic mass is 32.1. The Morgan fingerprint density at radius 1 is 0.372 bits per heavy atom. The first kappa shape index (κ1) is 26.3. The summed E-state index contributed by atoms with van der Waals surface area (Å²) in [5, 5.41) is 0. The van der Waals surface area contributed by atoms with Crippen LogP contribution in [0.1, 0.15) is 0 Å². The third kappa shape index (κ3) is 5.49. The van der Waals surface area contributed by atoms with Crippen molar-refractivity contribution < 1.29 is 0 Å². The highest BCUT2D eigenvalue weighted by molar-refractivity contribution is 7.71. The Morgan fingerprint density at radius 2 is 0.767 bits per heavy atom. The highest BCUT2D eigenvalue weighted by Crippen LogP contribution is 2.29. The lowest BCUT2D eigenvalue weighted by molar-refractivity contribution is 0.912. The van der Waals surface area contributed by atoms with Gasteiger partial charge in [0.05, 0.1) is 0 Å². The summed E-state index contributed by atoms with van der Waals surface area (Å²) in [5.74, 6) is 3.01. The molecular weight excluding hydrogens is 549 g/mol. The normalized spacial score (nSPS) is 10.9. The molecule has 0 fully saturated rings. The Morgan fingerprint density at radius 3 is 1.28 bits per heavy atom. The minimum atomic E-state index is 0.415. The van der Waals surface area contributed by atoms with Crippen LogP contribution in [-0.2, 0) is 0 Å². The molecule has 0 atom stereocenters. The van der Waals surface area contributed by atoms with Gasteiger partial charge in [-0.2, -0.15) is 4.98 Å². The molecule has 7 heteroatoms. The molecule has 5 aromatic carbocycles. The van der Waals surface area contributed by atoms with Gasteiger partial charge in [0, 0.05) is 33.5 Å². The quantitative estimate of drug-likeness (QED) is 0.186. The highest BCUT2D eigenvalue weighted by Gasteiger charge is 2.16. The lowest BCUT2D eigenvalue weighted by Crippen LogP contribution is -2.08. The number of rotatable bonds is 6. The molecule has 0 aliphatic rings. The van der Waals surface area contributed by atoms with Gasteiger partial charge in [0.25, 0.3) is 0 Å². The van der Waals surface area contributed by atoms with Crippen LogP contribution < -0.4 is 0 Å². The number of hydrogen-bond donors (Lipinski definition) is 0. The number of aromatic nitrogens is 6. The number of nitrogens with zero attached hydrogens (tertiary/aromatic N) is 6. The summed E-state index contributed by atoms with van der Waals surface area (Å²) in [6.07, 6.45) is 0. The molecule has 7 rings (SSSR count). The lowest BCUT2D eigenvalue weighted by Gasteiger charge is -2.15. The van der Waals surface area contributed by atoms with Crippen LogP contribution >= 0.6 is 12.2 Å². The van der Waals surface area contributed by atoms with E-state index in [1.54, 1.807) is 0 Å². The van der Waals surface area contributed by atoms with Crippen LogP contribution in [0.5, 0.6) is 0 Å². The van der Waals surface area contributed by atoms with Gasteiger partial charge in [0.2, 0.25) is 4.77 Å². The monoisotopic (exact) mass is 572 g/mol. The Balaban J connectivity index is 1.38. The molecule has 2 aromatic heterocycles. The second-order valence-electron chi connectivity index (χ2n) is 9.81. The second kappa shape index (κ2) is 11.7. The average molecular weight is 573 g/mol. The summed E-state index contributed by atoms with van der Waals surface area (Å²) >= 11 is 5.86. The van der Waals surface area contributed by atoms with Crippen LogP contribution in [-0.4, -0.2) is 29.5 Å². The van der Waals surface area contributed by atoms with Crippen molar-refractivity contribution in [3.63, 3.8) is 0 Å². The molecule has 0 bridgehead atoms. The van der Waals surface area contributed by atoms with Crippen molar-refractivity contribution in [1.29, 1.82) is 0 Å². The maximum absolute atomic E-state index is 5.86. The zero-order valence-corrected chi connectivity index (χ0v) is 23.8. The second-order valence-corrected chi connectivity index (χ2v) is 10.2. The van der Waals surface area contributed by atoms with Crippen molar-refractivity contribution in [1.82, 2.24) is 29.5 Å². The molecule has 43 heavy (non-hydrogen) atoms. The zero-order valence-electron chi connectivity index (χ0n) is 22.9. The molecule has 7 aromatic rings. The first-order valence-electron chi connectivity index (χ1n) is 13.8. The molecule has 6 nitrogen and oxygen atoms in total. The van der Waals surface area contributed by atoms with Gasteiger partial charge in [-0.05, 0) is 30.4 Å². The molecule has 2 heterocycles. The summed E-state index contributed by atoms with van der Waals surface area (Å²) < 4.78 is 2.32. The minimum Gasteiger partial charge on any atom is -0.269 e. The van der Waals surface area contributed by atoms with Gasteiger partial charge in [0.1, 0.15) is 5.82 Å². The van der Waals surface area contributed by atoms with Crippen molar-refractivity contribution in [3.05, 3.63) is 150 Å². The van der Waals surface area contributed by atoms with Crippen LogP contribution in [0.4, 0.5) is 0 Å². The molecule has 0 spiro atoms. The number of para-hydroxylation sites is 1. The average Bonchev–Trinajstić information content (AvgIpc) is 3.09. The maximum Gasteiger partial charge on any atom is 0.207 e. The summed E-state index contributed by atoms with van der Waals surface area (Å²) in [7, 11) is 0. The first-order valence-corrected chi connectivity index (χ1v) is 14.2. The first-order chi connectivity index (χ1) is 21.2. The Bertz CT molecular complexity index is 2020. The van der Waals surface area contributed by atoms with E-state index >= 15 is 0 Å². The van der Waals surface area contributed by atoms with E-state index < -0.39 is 0 Å². The largest absolute Gasteiger partial charge is 0.269 e. The van der Waals surface area contributed by atoms with Crippen LogP contribution in [0.2, 0.25) is 0 Å². The minimum absolute atomic E-state index is 0.415. The SMILES string of the molecule is S=c1nc(-c2cccc(-c3nc(-c4ccccc4)nc(-c4ccccc4)n3)c2)nc(-c2ccccc2)n1-c1ccccc1. The molecule has 0 aliphatic heterocycles. The Kier molecular flexibility index (Phi) is 7.13. The molecule has 0 saturated heterocycles. The summed E-state index contributed by atoms with van der Waals surface area (Å²) in [6, 6.07) is 47.8.